The summed E-state index contributed by atoms with van der Waals surface area (Å²) in [6.45, 7) is 1.40. The number of aliphatic hydroxyl groups is 2. The summed E-state index contributed by atoms with van der Waals surface area (Å²) in [5.74, 6) is -0.758. The molecule has 170 valence electrons. The van der Waals surface area contributed by atoms with E-state index in [1.54, 1.807) is 6.08 Å². The van der Waals surface area contributed by atoms with Crippen LogP contribution >= 0.6 is 7.82 Å². The molecule has 0 aliphatic heterocycles. The summed E-state index contributed by atoms with van der Waals surface area (Å²) in [4.78, 5) is 28.7. The Labute approximate surface area is 175 Å². The molecule has 0 saturated carbocycles. The Morgan fingerprint density at radius 1 is 0.897 bits per heavy atom. The Kier molecular flexibility index (Phi) is 17.5. The second-order valence-corrected chi connectivity index (χ2v) is 8.55. The minimum Gasteiger partial charge on any atom is -0.387 e. The number of phosphoric ester groups is 1. The van der Waals surface area contributed by atoms with Crippen molar-refractivity contribution in [3.8, 4) is 0 Å². The Bertz CT molecular complexity index is 513. The van der Waals surface area contributed by atoms with E-state index in [0.29, 0.717) is 0 Å². The monoisotopic (exact) mass is 434 g/mol. The second-order valence-electron chi connectivity index (χ2n) is 7.31. The van der Waals surface area contributed by atoms with Gasteiger partial charge in [0.1, 0.15) is 12.2 Å². The molecule has 0 spiro atoms. The summed E-state index contributed by atoms with van der Waals surface area (Å²) in [6, 6.07) is 0. The molecule has 0 fully saturated rings. The van der Waals surface area contributed by atoms with Crippen LogP contribution in [0.2, 0.25) is 0 Å². The van der Waals surface area contributed by atoms with Gasteiger partial charge in [0, 0.05) is 0 Å². The van der Waals surface area contributed by atoms with Crippen LogP contribution in [0.4, 0.5) is 0 Å². The number of hydrogen-bond donors (Lipinski definition) is 4. The maximum atomic E-state index is 11.7. The number of carbonyl (C=O) groups excluding carboxylic acids is 1. The zero-order chi connectivity index (χ0) is 22.0. The minimum absolute atomic E-state index is 0.758. The average Bonchev–Trinajstić information content (AvgIpc) is 2.67. The largest absolute Gasteiger partial charge is 0.469 e. The van der Waals surface area contributed by atoms with E-state index in [4.69, 9.17) is 9.79 Å². The van der Waals surface area contributed by atoms with Crippen LogP contribution in [0.25, 0.3) is 0 Å². The van der Waals surface area contributed by atoms with Crippen molar-refractivity contribution >= 4 is 13.6 Å². The van der Waals surface area contributed by atoms with Crippen LogP contribution in [0, 0.1) is 0 Å². The first-order valence-corrected chi connectivity index (χ1v) is 12.2. The van der Waals surface area contributed by atoms with E-state index in [9.17, 15) is 19.6 Å². The predicted octanol–water partition coefficient (Wildman–Crippen LogP) is 4.20. The molecule has 0 saturated heterocycles. The summed E-state index contributed by atoms with van der Waals surface area (Å²) in [6.07, 6.45) is 17.9. The fourth-order valence-electron chi connectivity index (χ4n) is 2.80. The highest BCUT2D eigenvalue weighted by molar-refractivity contribution is 7.46. The van der Waals surface area contributed by atoms with Crippen molar-refractivity contribution in [1.29, 1.82) is 0 Å². The van der Waals surface area contributed by atoms with Crippen molar-refractivity contribution in [3.05, 3.63) is 24.3 Å². The quantitative estimate of drug-likeness (QED) is 0.104. The third kappa shape index (κ3) is 18.9. The molecule has 7 nitrogen and oxygen atoms in total. The number of unbranched alkanes of at least 4 members (excludes halogenated alkanes) is 11. The highest BCUT2D eigenvalue weighted by Gasteiger charge is 2.25. The number of aliphatic hydroxyl groups excluding tert-OH is 2. The molecule has 2 atom stereocenters. The maximum absolute atomic E-state index is 11.7. The molecule has 1 unspecified atom stereocenters. The molecule has 0 aromatic rings. The van der Waals surface area contributed by atoms with Gasteiger partial charge in [0.2, 0.25) is 0 Å². The first kappa shape index (κ1) is 28.2. The number of allylic oxidation sites excluding steroid dienone is 3. The van der Waals surface area contributed by atoms with E-state index in [-0.39, 0.29) is 0 Å². The molecular formula is C21H39O7P. The summed E-state index contributed by atoms with van der Waals surface area (Å²) in [5.41, 5.74) is 0. The van der Waals surface area contributed by atoms with Crippen molar-refractivity contribution in [2.75, 3.05) is 6.61 Å². The van der Waals surface area contributed by atoms with Gasteiger partial charge < -0.3 is 20.0 Å². The standard InChI is InChI=1S/C21H39O7P/c1-2-3-4-5-6-7-8-9-10-11-12-13-14-15-16-17-19(22)21(24)20(23)18-28-29(25,26)27/h14-17,20-21,23-24H,2-13,18H2,1H3,(H2,25,26,27)/t20-,21?/m0/s1. The maximum Gasteiger partial charge on any atom is 0.469 e. The van der Waals surface area contributed by atoms with E-state index >= 15 is 0 Å². The van der Waals surface area contributed by atoms with Crippen LogP contribution in [0.5, 0.6) is 0 Å². The predicted molar refractivity (Wildman–Crippen MR) is 114 cm³/mol. The summed E-state index contributed by atoms with van der Waals surface area (Å²) in [7, 11) is -4.75. The van der Waals surface area contributed by atoms with E-state index < -0.39 is 32.4 Å². The van der Waals surface area contributed by atoms with Gasteiger partial charge in [-0.2, -0.15) is 0 Å². The molecule has 8 heteroatoms. The molecule has 0 heterocycles. The van der Waals surface area contributed by atoms with Gasteiger partial charge in [0.25, 0.3) is 0 Å². The first-order valence-electron chi connectivity index (χ1n) is 10.7. The Morgan fingerprint density at radius 3 is 1.93 bits per heavy atom. The number of carbonyl (C=O) groups is 1. The Morgan fingerprint density at radius 2 is 1.41 bits per heavy atom. The van der Waals surface area contributed by atoms with Crippen molar-refractivity contribution in [3.63, 3.8) is 0 Å². The van der Waals surface area contributed by atoms with Crippen LogP contribution in [-0.2, 0) is 13.9 Å². The van der Waals surface area contributed by atoms with Gasteiger partial charge in [-0.3, -0.25) is 9.32 Å². The van der Waals surface area contributed by atoms with Crippen LogP contribution in [0.15, 0.2) is 24.3 Å². The van der Waals surface area contributed by atoms with Crippen LogP contribution in [0.1, 0.15) is 84.0 Å². The van der Waals surface area contributed by atoms with Crippen LogP contribution in [0.3, 0.4) is 0 Å². The lowest BCUT2D eigenvalue weighted by Crippen LogP contribution is -2.36. The third-order valence-electron chi connectivity index (χ3n) is 4.55. The second kappa shape index (κ2) is 18.0. The molecular weight excluding hydrogens is 395 g/mol. The summed E-state index contributed by atoms with van der Waals surface area (Å²) >= 11 is 0. The number of hydrogen-bond acceptors (Lipinski definition) is 5. The third-order valence-corrected chi connectivity index (χ3v) is 5.04. The Hall–Kier alpha value is -0.820. The highest BCUT2D eigenvalue weighted by atomic mass is 31.2. The molecule has 0 aliphatic carbocycles. The number of ketones is 1. The lowest BCUT2D eigenvalue weighted by molar-refractivity contribution is -0.129. The molecule has 29 heavy (non-hydrogen) atoms. The van der Waals surface area contributed by atoms with Gasteiger partial charge in [-0.15, -0.1) is 0 Å². The number of rotatable bonds is 19. The molecule has 0 bridgehead atoms. The van der Waals surface area contributed by atoms with Gasteiger partial charge >= 0.3 is 7.82 Å². The highest BCUT2D eigenvalue weighted by Crippen LogP contribution is 2.35. The number of phosphoric acid groups is 1. The molecule has 0 radical (unpaired) electrons. The summed E-state index contributed by atoms with van der Waals surface area (Å²) in [5, 5.41) is 19.1. The van der Waals surface area contributed by atoms with Gasteiger partial charge in [0.05, 0.1) is 6.61 Å². The van der Waals surface area contributed by atoms with E-state index in [1.165, 1.54) is 70.3 Å². The Balaban J connectivity index is 3.69. The van der Waals surface area contributed by atoms with E-state index in [0.717, 1.165) is 18.9 Å². The molecule has 4 N–H and O–H groups in total. The molecule has 0 aromatic heterocycles. The SMILES string of the molecule is CCCCCCCCCCCCCC=CC=CC(=O)C(O)[C@@H](O)COP(=O)(O)O. The molecule has 0 rings (SSSR count). The van der Waals surface area contributed by atoms with E-state index in [1.807, 2.05) is 6.08 Å². The first-order chi connectivity index (χ1) is 13.8. The van der Waals surface area contributed by atoms with Gasteiger partial charge in [-0.25, -0.2) is 4.57 Å². The lowest BCUT2D eigenvalue weighted by Gasteiger charge is -2.15. The molecule has 0 aromatic carbocycles. The fourth-order valence-corrected chi connectivity index (χ4v) is 3.15. The van der Waals surface area contributed by atoms with Crippen molar-refractivity contribution in [2.45, 2.75) is 96.2 Å². The van der Waals surface area contributed by atoms with E-state index in [2.05, 4.69) is 11.4 Å². The van der Waals surface area contributed by atoms with Crippen LogP contribution in [-0.4, -0.2) is 44.6 Å². The summed E-state index contributed by atoms with van der Waals surface area (Å²) < 4.78 is 14.6. The van der Waals surface area contributed by atoms with Gasteiger partial charge in [0.15, 0.2) is 5.78 Å². The van der Waals surface area contributed by atoms with Gasteiger partial charge in [-0.05, 0) is 18.9 Å². The normalized spacial score (nSPS) is 14.7. The van der Waals surface area contributed by atoms with Crippen molar-refractivity contribution < 1.29 is 33.9 Å². The van der Waals surface area contributed by atoms with Crippen molar-refractivity contribution in [2.24, 2.45) is 0 Å². The zero-order valence-electron chi connectivity index (χ0n) is 17.6. The lowest BCUT2D eigenvalue weighted by atomic mass is 10.1. The van der Waals surface area contributed by atoms with Gasteiger partial charge in [-0.1, -0.05) is 89.4 Å². The smallest absolute Gasteiger partial charge is 0.387 e. The zero-order valence-corrected chi connectivity index (χ0v) is 18.5. The molecule has 0 aliphatic rings. The minimum atomic E-state index is -4.75. The fraction of sp³-hybridized carbons (Fsp3) is 0.762. The van der Waals surface area contributed by atoms with Crippen LogP contribution < -0.4 is 0 Å². The molecule has 0 amide bonds. The average molecular weight is 435 g/mol. The topological polar surface area (TPSA) is 124 Å². The van der Waals surface area contributed by atoms with Crippen molar-refractivity contribution in [1.82, 2.24) is 0 Å².